The Morgan fingerprint density at radius 3 is 2.33 bits per heavy atom. The van der Waals surface area contributed by atoms with E-state index in [-0.39, 0.29) is 0 Å². The molecule has 0 bridgehead atoms. The van der Waals surface area contributed by atoms with Crippen LogP contribution in [0.5, 0.6) is 5.75 Å². The van der Waals surface area contributed by atoms with Gasteiger partial charge in [0.15, 0.2) is 0 Å². The standard InChI is InChI=1S/C18H22N2O/c1-2-4-16(5-3-1)10-15-21-18-8-6-17(7-9-18)20-13-11-19-12-14-20/h1-9,19H,10-15H2. The maximum absolute atomic E-state index is 5.82. The molecule has 110 valence electrons. The van der Waals surface area contributed by atoms with E-state index in [1.807, 2.05) is 6.07 Å². The SMILES string of the molecule is c1ccc(CCOc2ccc(N3CCNCC3)cc2)cc1. The van der Waals surface area contributed by atoms with Crippen molar-refractivity contribution in [2.75, 3.05) is 37.7 Å². The van der Waals surface area contributed by atoms with Gasteiger partial charge >= 0.3 is 0 Å². The molecule has 1 heterocycles. The summed E-state index contributed by atoms with van der Waals surface area (Å²) in [6.45, 7) is 5.00. The van der Waals surface area contributed by atoms with Crippen LogP contribution in [0, 0.1) is 0 Å². The molecule has 0 aliphatic carbocycles. The van der Waals surface area contributed by atoms with Crippen molar-refractivity contribution in [2.24, 2.45) is 0 Å². The van der Waals surface area contributed by atoms with Gasteiger partial charge in [0, 0.05) is 38.3 Å². The second-order valence-electron chi connectivity index (χ2n) is 5.32. The second kappa shape index (κ2) is 7.14. The van der Waals surface area contributed by atoms with Gasteiger partial charge in [-0.3, -0.25) is 0 Å². The van der Waals surface area contributed by atoms with Crippen molar-refractivity contribution in [3.8, 4) is 5.75 Å². The Balaban J connectivity index is 1.50. The summed E-state index contributed by atoms with van der Waals surface area (Å²) in [6, 6.07) is 18.9. The molecule has 0 atom stereocenters. The zero-order valence-electron chi connectivity index (χ0n) is 12.3. The molecule has 1 saturated heterocycles. The first-order valence-electron chi connectivity index (χ1n) is 7.64. The molecule has 1 N–H and O–H groups in total. The third-order valence-electron chi connectivity index (χ3n) is 3.82. The highest BCUT2D eigenvalue weighted by atomic mass is 16.5. The lowest BCUT2D eigenvalue weighted by Gasteiger charge is -2.29. The van der Waals surface area contributed by atoms with E-state index in [1.165, 1.54) is 11.3 Å². The molecule has 0 aromatic heterocycles. The summed E-state index contributed by atoms with van der Waals surface area (Å²) in [7, 11) is 0. The molecule has 3 rings (SSSR count). The van der Waals surface area contributed by atoms with Crippen molar-refractivity contribution in [3.63, 3.8) is 0 Å². The van der Waals surface area contributed by atoms with Crippen LogP contribution in [-0.2, 0) is 6.42 Å². The summed E-state index contributed by atoms with van der Waals surface area (Å²) in [5, 5.41) is 3.37. The van der Waals surface area contributed by atoms with Crippen molar-refractivity contribution < 1.29 is 4.74 Å². The highest BCUT2D eigenvalue weighted by Crippen LogP contribution is 2.20. The summed E-state index contributed by atoms with van der Waals surface area (Å²) >= 11 is 0. The van der Waals surface area contributed by atoms with E-state index in [2.05, 4.69) is 58.7 Å². The average molecular weight is 282 g/mol. The summed E-state index contributed by atoms with van der Waals surface area (Å²) in [5.41, 5.74) is 2.60. The molecule has 0 unspecified atom stereocenters. The fourth-order valence-electron chi connectivity index (χ4n) is 2.61. The van der Waals surface area contributed by atoms with Gasteiger partial charge in [0.25, 0.3) is 0 Å². The summed E-state index contributed by atoms with van der Waals surface area (Å²) in [5.74, 6) is 0.949. The fourth-order valence-corrected chi connectivity index (χ4v) is 2.61. The molecule has 3 heteroatoms. The highest BCUT2D eigenvalue weighted by Gasteiger charge is 2.09. The summed E-state index contributed by atoms with van der Waals surface area (Å²) in [6.07, 6.45) is 0.945. The van der Waals surface area contributed by atoms with Crippen molar-refractivity contribution in [1.29, 1.82) is 0 Å². The van der Waals surface area contributed by atoms with Gasteiger partial charge in [-0.1, -0.05) is 30.3 Å². The van der Waals surface area contributed by atoms with Crippen molar-refractivity contribution >= 4 is 5.69 Å². The maximum atomic E-state index is 5.82. The lowest BCUT2D eigenvalue weighted by Crippen LogP contribution is -2.43. The number of nitrogens with one attached hydrogen (secondary N) is 1. The number of rotatable bonds is 5. The Kier molecular flexibility index (Phi) is 4.74. The minimum Gasteiger partial charge on any atom is -0.493 e. The van der Waals surface area contributed by atoms with Crippen molar-refractivity contribution in [1.82, 2.24) is 5.32 Å². The monoisotopic (exact) mass is 282 g/mol. The largest absolute Gasteiger partial charge is 0.493 e. The molecule has 1 aliphatic heterocycles. The number of piperazine rings is 1. The predicted octanol–water partition coefficient (Wildman–Crippen LogP) is 2.72. The topological polar surface area (TPSA) is 24.5 Å². The van der Waals surface area contributed by atoms with Crippen molar-refractivity contribution in [2.45, 2.75) is 6.42 Å². The van der Waals surface area contributed by atoms with Gasteiger partial charge in [-0.15, -0.1) is 0 Å². The molecular formula is C18H22N2O. The number of nitrogens with zero attached hydrogens (tertiary/aromatic N) is 1. The van der Waals surface area contributed by atoms with E-state index in [0.717, 1.165) is 45.0 Å². The molecule has 21 heavy (non-hydrogen) atoms. The molecule has 0 spiro atoms. The Bertz CT molecular complexity index is 533. The van der Waals surface area contributed by atoms with Crippen LogP contribution in [0.1, 0.15) is 5.56 Å². The van der Waals surface area contributed by atoms with Crippen LogP contribution in [0.25, 0.3) is 0 Å². The molecule has 1 aliphatic rings. The Hall–Kier alpha value is -2.00. The molecular weight excluding hydrogens is 260 g/mol. The Labute approximate surface area is 126 Å². The highest BCUT2D eigenvalue weighted by molar-refractivity contribution is 5.49. The van der Waals surface area contributed by atoms with Crippen LogP contribution in [0.2, 0.25) is 0 Å². The van der Waals surface area contributed by atoms with Crippen LogP contribution in [0.3, 0.4) is 0 Å². The van der Waals surface area contributed by atoms with Crippen LogP contribution in [0.4, 0.5) is 5.69 Å². The van der Waals surface area contributed by atoms with Gasteiger partial charge in [-0.2, -0.15) is 0 Å². The quantitative estimate of drug-likeness (QED) is 0.912. The minimum absolute atomic E-state index is 0.719. The fraction of sp³-hybridized carbons (Fsp3) is 0.333. The van der Waals surface area contributed by atoms with E-state index in [9.17, 15) is 0 Å². The Morgan fingerprint density at radius 1 is 0.905 bits per heavy atom. The molecule has 0 amide bonds. The number of anilines is 1. The summed E-state index contributed by atoms with van der Waals surface area (Å²) in [4.78, 5) is 2.41. The number of ether oxygens (including phenoxy) is 1. The first-order chi connectivity index (χ1) is 10.4. The first-order valence-corrected chi connectivity index (χ1v) is 7.64. The zero-order valence-corrected chi connectivity index (χ0v) is 12.3. The first kappa shape index (κ1) is 14.0. The van der Waals surface area contributed by atoms with E-state index >= 15 is 0 Å². The van der Waals surface area contributed by atoms with Crippen LogP contribution < -0.4 is 15.0 Å². The van der Waals surface area contributed by atoms with Gasteiger partial charge < -0.3 is 15.0 Å². The number of benzene rings is 2. The molecule has 0 saturated carbocycles. The lowest BCUT2D eigenvalue weighted by atomic mass is 10.2. The second-order valence-corrected chi connectivity index (χ2v) is 5.32. The van der Waals surface area contributed by atoms with Gasteiger partial charge in [0.1, 0.15) is 5.75 Å². The normalized spacial score (nSPS) is 15.0. The molecule has 0 radical (unpaired) electrons. The van der Waals surface area contributed by atoms with E-state index in [1.54, 1.807) is 0 Å². The summed E-state index contributed by atoms with van der Waals surface area (Å²) < 4.78 is 5.82. The number of hydrogen-bond donors (Lipinski definition) is 1. The van der Waals surface area contributed by atoms with Crippen molar-refractivity contribution in [3.05, 3.63) is 60.2 Å². The minimum atomic E-state index is 0.719. The molecule has 2 aromatic carbocycles. The Morgan fingerprint density at radius 2 is 1.62 bits per heavy atom. The number of hydrogen-bond acceptors (Lipinski definition) is 3. The predicted molar refractivity (Wildman–Crippen MR) is 87.2 cm³/mol. The van der Waals surface area contributed by atoms with E-state index in [4.69, 9.17) is 4.74 Å². The van der Waals surface area contributed by atoms with Gasteiger partial charge in [0.05, 0.1) is 6.61 Å². The third-order valence-corrected chi connectivity index (χ3v) is 3.82. The van der Waals surface area contributed by atoms with Gasteiger partial charge in [-0.05, 0) is 29.8 Å². The maximum Gasteiger partial charge on any atom is 0.119 e. The van der Waals surface area contributed by atoms with Gasteiger partial charge in [-0.25, -0.2) is 0 Å². The smallest absolute Gasteiger partial charge is 0.119 e. The average Bonchev–Trinajstić information content (AvgIpc) is 2.57. The van der Waals surface area contributed by atoms with Gasteiger partial charge in [0.2, 0.25) is 0 Å². The van der Waals surface area contributed by atoms with E-state index < -0.39 is 0 Å². The van der Waals surface area contributed by atoms with Crippen LogP contribution in [0.15, 0.2) is 54.6 Å². The van der Waals surface area contributed by atoms with E-state index in [0.29, 0.717) is 0 Å². The molecule has 1 fully saturated rings. The molecule has 2 aromatic rings. The zero-order chi connectivity index (χ0) is 14.3. The molecule has 3 nitrogen and oxygen atoms in total. The lowest BCUT2D eigenvalue weighted by molar-refractivity contribution is 0.322. The van der Waals surface area contributed by atoms with Crippen LogP contribution >= 0.6 is 0 Å². The van der Waals surface area contributed by atoms with Crippen LogP contribution in [-0.4, -0.2) is 32.8 Å². The third kappa shape index (κ3) is 3.99.